The maximum absolute atomic E-state index is 8.84. The predicted molar refractivity (Wildman–Crippen MR) is 206 cm³/mol. The third-order valence-electron chi connectivity index (χ3n) is 8.16. The molecule has 0 bridgehead atoms. The number of furan rings is 1. The molecule has 0 atom stereocenters. The summed E-state index contributed by atoms with van der Waals surface area (Å²) in [6.45, 7) is 6.68. The molecule has 0 fully saturated rings. The van der Waals surface area contributed by atoms with E-state index in [0.29, 0.717) is 22.4 Å². The number of pyridine rings is 2. The largest absolute Gasteiger partial charge is 0.500 e. The average molecular weight is 847 g/mol. The normalized spacial score (nSPS) is 12.9. The Kier molecular flexibility index (Phi) is 9.42. The number of rotatable bonds is 7. The van der Waals surface area contributed by atoms with Gasteiger partial charge in [-0.15, -0.1) is 59.7 Å². The SMILES string of the molecule is [2H]C([2H])(c1ccccc1)c1cc(-c2[c-]cccc2)ncc1[Si](C)(C)C.[2H]C([2H])(c1ccccc1)c1ccnc(-c2[c-]cc3oc4ccccc4c3c2)c1.[Ir]. The van der Waals surface area contributed by atoms with Crippen molar-refractivity contribution in [2.45, 2.75) is 32.4 Å². The summed E-state index contributed by atoms with van der Waals surface area (Å²) < 4.78 is 40.7. The van der Waals surface area contributed by atoms with E-state index >= 15 is 0 Å². The molecule has 0 unspecified atom stereocenters. The molecule has 3 nitrogen and oxygen atoms in total. The van der Waals surface area contributed by atoms with Crippen LogP contribution in [0, 0.1) is 12.1 Å². The van der Waals surface area contributed by atoms with Crippen molar-refractivity contribution in [3.63, 3.8) is 0 Å². The molecule has 249 valence electrons. The third-order valence-corrected chi connectivity index (χ3v) is 10.2. The number of para-hydroxylation sites is 1. The van der Waals surface area contributed by atoms with Crippen molar-refractivity contribution in [2.24, 2.45) is 0 Å². The van der Waals surface area contributed by atoms with E-state index in [1.54, 1.807) is 30.5 Å². The van der Waals surface area contributed by atoms with Gasteiger partial charge in [0.2, 0.25) is 0 Å². The first-order valence-electron chi connectivity index (χ1n) is 18.3. The zero-order valence-electron chi connectivity index (χ0n) is 32.1. The van der Waals surface area contributed by atoms with Gasteiger partial charge in [0.25, 0.3) is 0 Å². The van der Waals surface area contributed by atoms with E-state index in [4.69, 9.17) is 9.90 Å². The van der Waals surface area contributed by atoms with Gasteiger partial charge in [0.1, 0.15) is 5.58 Å². The number of benzene rings is 5. The van der Waals surface area contributed by atoms with Gasteiger partial charge < -0.3 is 14.4 Å². The zero-order valence-corrected chi connectivity index (χ0v) is 31.5. The van der Waals surface area contributed by atoms with Crippen molar-refractivity contribution in [3.8, 4) is 22.5 Å². The standard InChI is InChI=1S/C24H16NO.C21H22NSi.Ir/c1-2-6-17(7-3-1)14-18-12-13-25-22(15-18)19-10-11-24-21(16-19)20-8-4-5-9-23(20)26-24;1-23(2,3)21-16-22-20(18-12-8-5-9-13-18)15-19(21)14-17-10-6-4-7-11-17;/h1-9,11-13,15-16H,14H2;4-12,15-16H,14H2,1-3H3;/q2*-1;/i2*14D2;. The van der Waals surface area contributed by atoms with E-state index in [-0.39, 0.29) is 20.1 Å². The molecule has 0 amide bonds. The summed E-state index contributed by atoms with van der Waals surface area (Å²) in [6, 6.07) is 49.8. The Balaban J connectivity index is 0.000000182. The second-order valence-electron chi connectivity index (χ2n) is 12.8. The third kappa shape index (κ3) is 8.26. The van der Waals surface area contributed by atoms with Crippen LogP contribution in [0.3, 0.4) is 0 Å². The minimum absolute atomic E-state index is 0. The molecular formula is C45H38IrN2OSi-2. The smallest absolute Gasteiger partial charge is 0.120 e. The monoisotopic (exact) mass is 847 g/mol. The van der Waals surface area contributed by atoms with Crippen LogP contribution in [0.2, 0.25) is 19.6 Å². The van der Waals surface area contributed by atoms with E-state index in [1.807, 2.05) is 121 Å². The Morgan fingerprint density at radius 3 is 2.02 bits per heavy atom. The molecule has 0 aliphatic rings. The van der Waals surface area contributed by atoms with E-state index in [9.17, 15) is 0 Å². The summed E-state index contributed by atoms with van der Waals surface area (Å²) in [6.07, 6.45) is 0.351. The van der Waals surface area contributed by atoms with E-state index in [1.165, 1.54) is 0 Å². The maximum Gasteiger partial charge on any atom is 0.120 e. The Morgan fingerprint density at radius 2 is 1.30 bits per heavy atom. The minimum Gasteiger partial charge on any atom is -0.500 e. The molecule has 3 heterocycles. The molecular weight excluding hydrogens is 805 g/mol. The second-order valence-corrected chi connectivity index (χ2v) is 17.8. The zero-order chi connectivity index (χ0) is 37.2. The Morgan fingerprint density at radius 1 is 0.620 bits per heavy atom. The number of aromatic nitrogens is 2. The number of hydrogen-bond donors (Lipinski definition) is 0. The molecule has 8 aromatic rings. The molecule has 3 aromatic heterocycles. The maximum atomic E-state index is 8.84. The molecule has 0 saturated carbocycles. The Labute approximate surface area is 315 Å². The quantitative estimate of drug-likeness (QED) is 0.118. The summed E-state index contributed by atoms with van der Waals surface area (Å²) in [5.41, 5.74) is 7.33. The first-order chi connectivity index (χ1) is 25.4. The number of hydrogen-bond acceptors (Lipinski definition) is 3. The van der Waals surface area contributed by atoms with Crippen molar-refractivity contribution in [2.75, 3.05) is 0 Å². The van der Waals surface area contributed by atoms with Crippen molar-refractivity contribution >= 4 is 35.2 Å². The van der Waals surface area contributed by atoms with Crippen LogP contribution in [0.5, 0.6) is 0 Å². The van der Waals surface area contributed by atoms with Gasteiger partial charge in [0.15, 0.2) is 0 Å². The molecule has 1 radical (unpaired) electrons. The van der Waals surface area contributed by atoms with Gasteiger partial charge in [-0.3, -0.25) is 0 Å². The van der Waals surface area contributed by atoms with Crippen LogP contribution in [0.25, 0.3) is 44.5 Å². The topological polar surface area (TPSA) is 38.9 Å². The summed E-state index contributed by atoms with van der Waals surface area (Å²) in [4.78, 5) is 9.08. The van der Waals surface area contributed by atoms with Crippen molar-refractivity contribution in [1.82, 2.24) is 9.97 Å². The van der Waals surface area contributed by atoms with Gasteiger partial charge in [-0.25, -0.2) is 0 Å². The van der Waals surface area contributed by atoms with Gasteiger partial charge >= 0.3 is 0 Å². The molecule has 5 aromatic carbocycles. The molecule has 0 spiro atoms. The Hall–Kier alpha value is -4.93. The van der Waals surface area contributed by atoms with Gasteiger partial charge in [-0.1, -0.05) is 122 Å². The molecule has 0 aliphatic heterocycles. The van der Waals surface area contributed by atoms with Crippen molar-refractivity contribution < 1.29 is 30.0 Å². The van der Waals surface area contributed by atoms with Crippen molar-refractivity contribution in [3.05, 3.63) is 186 Å². The first kappa shape index (κ1) is 29.9. The van der Waals surface area contributed by atoms with Gasteiger partial charge in [-0.05, 0) is 58.1 Å². The number of fused-ring (bicyclic) bond motifs is 3. The van der Waals surface area contributed by atoms with Crippen LogP contribution >= 0.6 is 0 Å². The molecule has 0 aliphatic carbocycles. The fourth-order valence-corrected chi connectivity index (χ4v) is 7.09. The summed E-state index contributed by atoms with van der Waals surface area (Å²) in [7, 11) is -1.76. The van der Waals surface area contributed by atoms with Gasteiger partial charge in [0.05, 0.1) is 13.7 Å². The van der Waals surface area contributed by atoms with Gasteiger partial charge in [-0.2, -0.15) is 0 Å². The fraction of sp³-hybridized carbons (Fsp3) is 0.111. The molecule has 0 N–H and O–H groups in total. The summed E-state index contributed by atoms with van der Waals surface area (Å²) in [5.74, 6) is 0. The van der Waals surface area contributed by atoms with Crippen LogP contribution in [0.15, 0.2) is 156 Å². The molecule has 0 saturated heterocycles. The minimum atomic E-state index is -1.76. The average Bonchev–Trinajstić information content (AvgIpc) is 3.57. The van der Waals surface area contributed by atoms with Crippen LogP contribution < -0.4 is 5.19 Å². The van der Waals surface area contributed by atoms with E-state index < -0.39 is 20.8 Å². The summed E-state index contributed by atoms with van der Waals surface area (Å²) >= 11 is 0. The van der Waals surface area contributed by atoms with Crippen LogP contribution in [0.4, 0.5) is 0 Å². The molecule has 8 rings (SSSR count). The summed E-state index contributed by atoms with van der Waals surface area (Å²) in [5, 5.41) is 3.10. The first-order valence-corrected chi connectivity index (χ1v) is 19.8. The fourth-order valence-electron chi connectivity index (χ4n) is 5.69. The number of nitrogens with zero attached hydrogens (tertiary/aromatic N) is 2. The van der Waals surface area contributed by atoms with E-state index in [2.05, 4.69) is 41.7 Å². The second kappa shape index (κ2) is 15.7. The predicted octanol–water partition coefficient (Wildman–Crippen LogP) is 10.7. The molecule has 50 heavy (non-hydrogen) atoms. The van der Waals surface area contributed by atoms with Crippen LogP contribution in [-0.4, -0.2) is 18.0 Å². The molecule has 5 heteroatoms. The van der Waals surface area contributed by atoms with Crippen LogP contribution in [-0.2, 0) is 32.9 Å². The van der Waals surface area contributed by atoms with Crippen molar-refractivity contribution in [1.29, 1.82) is 0 Å². The van der Waals surface area contributed by atoms with Gasteiger partial charge in [0, 0.05) is 43.4 Å². The van der Waals surface area contributed by atoms with Crippen LogP contribution in [0.1, 0.15) is 27.7 Å². The van der Waals surface area contributed by atoms with E-state index in [0.717, 1.165) is 49.5 Å². The Bertz CT molecular complexity index is 2500.